The predicted molar refractivity (Wildman–Crippen MR) is 102 cm³/mol. The summed E-state index contributed by atoms with van der Waals surface area (Å²) in [6, 6.07) is 13.2. The largest absolute Gasteiger partial charge is 0.492 e. The maximum atomic E-state index is 13.7. The van der Waals surface area contributed by atoms with Gasteiger partial charge in [0.25, 0.3) is 0 Å². The van der Waals surface area contributed by atoms with Gasteiger partial charge in [0.15, 0.2) is 0 Å². The van der Waals surface area contributed by atoms with Crippen LogP contribution < -0.4 is 10.1 Å². The number of ether oxygens (including phenoxy) is 1. The van der Waals surface area contributed by atoms with Crippen molar-refractivity contribution >= 4 is 10.9 Å². The van der Waals surface area contributed by atoms with Crippen LogP contribution in [0.4, 0.5) is 4.39 Å². The van der Waals surface area contributed by atoms with E-state index < -0.39 is 0 Å². The first kappa shape index (κ1) is 17.1. The molecule has 2 N–H and O–H groups in total. The molecule has 0 bridgehead atoms. The van der Waals surface area contributed by atoms with E-state index in [9.17, 15) is 4.39 Å². The van der Waals surface area contributed by atoms with Crippen LogP contribution in [0.5, 0.6) is 5.75 Å². The highest BCUT2D eigenvalue weighted by Crippen LogP contribution is 2.34. The van der Waals surface area contributed by atoms with Crippen molar-refractivity contribution in [2.75, 3.05) is 33.8 Å². The van der Waals surface area contributed by atoms with Gasteiger partial charge in [-0.1, -0.05) is 12.1 Å². The lowest BCUT2D eigenvalue weighted by atomic mass is 9.94. The van der Waals surface area contributed by atoms with E-state index in [0.717, 1.165) is 47.4 Å². The number of hydrogen-bond donors (Lipinski definition) is 2. The molecule has 0 radical (unpaired) electrons. The van der Waals surface area contributed by atoms with Crippen molar-refractivity contribution in [2.45, 2.75) is 12.5 Å². The minimum atomic E-state index is -0.189. The average Bonchev–Trinajstić information content (AvgIpc) is 2.99. The fourth-order valence-corrected chi connectivity index (χ4v) is 3.61. The Morgan fingerprint density at radius 3 is 2.92 bits per heavy atom. The summed E-state index contributed by atoms with van der Waals surface area (Å²) in [6.45, 7) is 2.40. The van der Waals surface area contributed by atoms with Crippen LogP contribution in [-0.4, -0.2) is 43.7 Å². The molecule has 0 spiro atoms. The molecular weight excluding hydrogens is 329 g/mol. The number of nitrogens with one attached hydrogen (secondary N) is 2. The van der Waals surface area contributed by atoms with Crippen LogP contribution in [0.1, 0.15) is 22.9 Å². The number of halogens is 1. The monoisotopic (exact) mass is 353 g/mol. The van der Waals surface area contributed by atoms with E-state index in [-0.39, 0.29) is 11.9 Å². The molecule has 4 rings (SSSR count). The molecule has 5 heteroatoms. The van der Waals surface area contributed by atoms with Gasteiger partial charge in [-0.15, -0.1) is 0 Å². The molecule has 1 aromatic heterocycles. The van der Waals surface area contributed by atoms with Gasteiger partial charge in [0, 0.05) is 29.7 Å². The topological polar surface area (TPSA) is 40.3 Å². The van der Waals surface area contributed by atoms with E-state index in [4.69, 9.17) is 4.74 Å². The molecule has 1 atom stereocenters. The molecule has 136 valence electrons. The van der Waals surface area contributed by atoms with Crippen molar-refractivity contribution in [1.29, 1.82) is 0 Å². The van der Waals surface area contributed by atoms with Crippen LogP contribution in [-0.2, 0) is 6.42 Å². The minimum Gasteiger partial charge on any atom is -0.492 e. The first-order valence-electron chi connectivity index (χ1n) is 9.02. The lowest BCUT2D eigenvalue weighted by Gasteiger charge is -2.25. The molecule has 1 unspecified atom stereocenters. The number of nitrogens with zero attached hydrogens (tertiary/aromatic N) is 1. The number of rotatable bonds is 5. The average molecular weight is 353 g/mol. The van der Waals surface area contributed by atoms with Gasteiger partial charge in [0.05, 0.1) is 6.04 Å². The van der Waals surface area contributed by atoms with Crippen LogP contribution in [0, 0.1) is 5.82 Å². The highest BCUT2D eigenvalue weighted by Gasteiger charge is 2.25. The van der Waals surface area contributed by atoms with Gasteiger partial charge in [-0.05, 0) is 62.0 Å². The Morgan fingerprint density at radius 1 is 1.19 bits per heavy atom. The summed E-state index contributed by atoms with van der Waals surface area (Å²) in [6.07, 6.45) is 0.897. The fraction of sp³-hybridized carbons (Fsp3) is 0.333. The second kappa shape index (κ2) is 7.09. The quantitative estimate of drug-likeness (QED) is 0.738. The summed E-state index contributed by atoms with van der Waals surface area (Å²) < 4.78 is 19.6. The van der Waals surface area contributed by atoms with Crippen molar-refractivity contribution in [3.8, 4) is 5.75 Å². The molecule has 4 nitrogen and oxygen atoms in total. The second-order valence-corrected chi connectivity index (χ2v) is 7.07. The summed E-state index contributed by atoms with van der Waals surface area (Å²) in [5.41, 5.74) is 4.48. The van der Waals surface area contributed by atoms with Gasteiger partial charge in [0.2, 0.25) is 0 Å². The first-order chi connectivity index (χ1) is 12.6. The number of H-pyrrole nitrogens is 1. The zero-order chi connectivity index (χ0) is 18.1. The standard InChI is InChI=1S/C21H24FN3O/c1-25(2)10-11-26-16-5-3-4-14(12-16)20-21-17(8-9-23-20)18-13-15(22)6-7-19(18)24-21/h3-7,12-13,20,23-24H,8-11H2,1-2H3. The van der Waals surface area contributed by atoms with Gasteiger partial charge >= 0.3 is 0 Å². The second-order valence-electron chi connectivity index (χ2n) is 7.07. The summed E-state index contributed by atoms with van der Waals surface area (Å²) in [5, 5.41) is 4.57. The first-order valence-corrected chi connectivity index (χ1v) is 9.02. The van der Waals surface area contributed by atoms with E-state index in [2.05, 4.69) is 27.3 Å². The highest BCUT2D eigenvalue weighted by molar-refractivity contribution is 5.85. The van der Waals surface area contributed by atoms with Crippen LogP contribution >= 0.6 is 0 Å². The fourth-order valence-electron chi connectivity index (χ4n) is 3.61. The molecule has 3 aromatic rings. The van der Waals surface area contributed by atoms with Gasteiger partial charge in [-0.25, -0.2) is 4.39 Å². The Labute approximate surface area is 153 Å². The number of benzene rings is 2. The Bertz CT molecular complexity index is 919. The summed E-state index contributed by atoms with van der Waals surface area (Å²) >= 11 is 0. The van der Waals surface area contributed by atoms with E-state index in [1.54, 1.807) is 6.07 Å². The Kier molecular flexibility index (Phi) is 4.66. The third-order valence-corrected chi connectivity index (χ3v) is 4.91. The zero-order valence-electron chi connectivity index (χ0n) is 15.2. The van der Waals surface area contributed by atoms with Crippen molar-refractivity contribution in [1.82, 2.24) is 15.2 Å². The third-order valence-electron chi connectivity index (χ3n) is 4.91. The Morgan fingerprint density at radius 2 is 2.08 bits per heavy atom. The van der Waals surface area contributed by atoms with E-state index in [1.807, 2.05) is 32.3 Å². The SMILES string of the molecule is CN(C)CCOc1cccc(C2NCCc3c2[nH]c2ccc(F)cc32)c1. The van der Waals surface area contributed by atoms with Crippen LogP contribution in [0.25, 0.3) is 10.9 Å². The van der Waals surface area contributed by atoms with Crippen LogP contribution in [0.2, 0.25) is 0 Å². The summed E-state index contributed by atoms with van der Waals surface area (Å²) in [4.78, 5) is 5.59. The number of hydrogen-bond acceptors (Lipinski definition) is 3. The predicted octanol–water partition coefficient (Wildman–Crippen LogP) is 3.48. The van der Waals surface area contributed by atoms with Gasteiger partial charge < -0.3 is 19.9 Å². The Balaban J connectivity index is 1.64. The molecule has 0 aliphatic carbocycles. The van der Waals surface area contributed by atoms with E-state index in [0.29, 0.717) is 6.61 Å². The van der Waals surface area contributed by atoms with Gasteiger partial charge in [0.1, 0.15) is 18.2 Å². The molecule has 1 aliphatic rings. The van der Waals surface area contributed by atoms with Crippen molar-refractivity contribution in [3.05, 3.63) is 65.1 Å². The van der Waals surface area contributed by atoms with E-state index >= 15 is 0 Å². The maximum Gasteiger partial charge on any atom is 0.123 e. The molecule has 0 amide bonds. The summed E-state index contributed by atoms with van der Waals surface area (Å²) in [7, 11) is 4.07. The number of aromatic nitrogens is 1. The molecule has 26 heavy (non-hydrogen) atoms. The zero-order valence-corrected chi connectivity index (χ0v) is 15.2. The molecular formula is C21H24FN3O. The molecule has 0 fully saturated rings. The van der Waals surface area contributed by atoms with Crippen molar-refractivity contribution in [2.24, 2.45) is 0 Å². The molecule has 1 aliphatic heterocycles. The van der Waals surface area contributed by atoms with Crippen LogP contribution in [0.3, 0.4) is 0 Å². The highest BCUT2D eigenvalue weighted by atomic mass is 19.1. The van der Waals surface area contributed by atoms with Crippen LogP contribution in [0.15, 0.2) is 42.5 Å². The van der Waals surface area contributed by atoms with E-state index in [1.165, 1.54) is 11.6 Å². The molecule has 2 aromatic carbocycles. The number of likely N-dealkylation sites (N-methyl/N-ethyl adjacent to an activating group) is 1. The lowest BCUT2D eigenvalue weighted by molar-refractivity contribution is 0.261. The molecule has 2 heterocycles. The minimum absolute atomic E-state index is 0.0617. The molecule has 0 saturated heterocycles. The van der Waals surface area contributed by atoms with Crippen molar-refractivity contribution in [3.63, 3.8) is 0 Å². The van der Waals surface area contributed by atoms with Gasteiger partial charge in [-0.2, -0.15) is 0 Å². The smallest absolute Gasteiger partial charge is 0.123 e. The maximum absolute atomic E-state index is 13.7. The summed E-state index contributed by atoms with van der Waals surface area (Å²) in [5.74, 6) is 0.686. The number of aromatic amines is 1. The Hall–Kier alpha value is -2.37. The normalized spacial score (nSPS) is 16.8. The van der Waals surface area contributed by atoms with Gasteiger partial charge in [-0.3, -0.25) is 0 Å². The number of fused-ring (bicyclic) bond motifs is 3. The third kappa shape index (κ3) is 3.32. The van der Waals surface area contributed by atoms with Crippen molar-refractivity contribution < 1.29 is 9.13 Å². The lowest BCUT2D eigenvalue weighted by Crippen LogP contribution is -2.30. The molecule has 0 saturated carbocycles.